The molecule has 0 saturated carbocycles. The average molecular weight is 266 g/mol. The summed E-state index contributed by atoms with van der Waals surface area (Å²) >= 11 is 0. The third-order valence-electron chi connectivity index (χ3n) is 3.98. The highest BCUT2D eigenvalue weighted by atomic mass is 19.1. The maximum atomic E-state index is 13.9. The van der Waals surface area contributed by atoms with Gasteiger partial charge in [0, 0.05) is 24.7 Å². The van der Waals surface area contributed by atoms with E-state index in [-0.39, 0.29) is 11.9 Å². The van der Waals surface area contributed by atoms with E-state index in [9.17, 15) is 4.39 Å². The lowest BCUT2D eigenvalue weighted by Crippen LogP contribution is -2.37. The number of benzene rings is 1. The number of nitrogens with two attached hydrogens (primary N) is 1. The van der Waals surface area contributed by atoms with Crippen LogP contribution in [-0.4, -0.2) is 24.5 Å². The zero-order valence-electron chi connectivity index (χ0n) is 12.4. The molecule has 1 aromatic carbocycles. The van der Waals surface area contributed by atoms with Crippen molar-refractivity contribution < 1.29 is 4.39 Å². The molecule has 0 heterocycles. The molecule has 0 bridgehead atoms. The van der Waals surface area contributed by atoms with Crippen molar-refractivity contribution in [1.29, 1.82) is 0 Å². The SMILES string of the molecule is CCC(CC)CN(CC)C(CN)c1ccccc1F. The minimum atomic E-state index is -0.152. The summed E-state index contributed by atoms with van der Waals surface area (Å²) in [6.07, 6.45) is 2.31. The van der Waals surface area contributed by atoms with Gasteiger partial charge in [0.15, 0.2) is 0 Å². The smallest absolute Gasteiger partial charge is 0.128 e. The van der Waals surface area contributed by atoms with Crippen molar-refractivity contribution in [2.75, 3.05) is 19.6 Å². The second-order valence-corrected chi connectivity index (χ2v) is 5.04. The van der Waals surface area contributed by atoms with E-state index in [1.165, 1.54) is 6.07 Å². The summed E-state index contributed by atoms with van der Waals surface area (Å²) in [5.74, 6) is 0.502. The van der Waals surface area contributed by atoms with Gasteiger partial charge in [-0.15, -0.1) is 0 Å². The standard InChI is InChI=1S/C16H27FN2/c1-4-13(5-2)12-19(6-3)16(11-18)14-9-7-8-10-15(14)17/h7-10,13,16H,4-6,11-12,18H2,1-3H3. The van der Waals surface area contributed by atoms with Crippen molar-refractivity contribution >= 4 is 0 Å². The Labute approximate surface area is 116 Å². The Kier molecular flexibility index (Phi) is 7.03. The quantitative estimate of drug-likeness (QED) is 0.779. The van der Waals surface area contributed by atoms with Crippen LogP contribution in [0.2, 0.25) is 0 Å². The monoisotopic (exact) mass is 266 g/mol. The third-order valence-corrected chi connectivity index (χ3v) is 3.98. The fraction of sp³-hybridized carbons (Fsp3) is 0.625. The van der Waals surface area contributed by atoms with Crippen molar-refractivity contribution in [3.8, 4) is 0 Å². The molecule has 108 valence electrons. The van der Waals surface area contributed by atoms with Crippen LogP contribution in [0, 0.1) is 11.7 Å². The molecule has 0 saturated heterocycles. The Hall–Kier alpha value is -0.930. The van der Waals surface area contributed by atoms with Crippen molar-refractivity contribution in [1.82, 2.24) is 4.90 Å². The number of nitrogens with zero attached hydrogens (tertiary/aromatic N) is 1. The summed E-state index contributed by atoms with van der Waals surface area (Å²) in [7, 11) is 0. The summed E-state index contributed by atoms with van der Waals surface area (Å²) in [5, 5.41) is 0. The number of hydrogen-bond donors (Lipinski definition) is 1. The molecule has 0 radical (unpaired) electrons. The van der Waals surface area contributed by atoms with Crippen LogP contribution in [0.1, 0.15) is 45.2 Å². The Morgan fingerprint density at radius 3 is 2.26 bits per heavy atom. The Morgan fingerprint density at radius 2 is 1.79 bits per heavy atom. The molecule has 0 spiro atoms. The molecule has 0 aliphatic rings. The normalized spacial score (nSPS) is 13.2. The average Bonchev–Trinajstić information content (AvgIpc) is 2.45. The van der Waals surface area contributed by atoms with Crippen LogP contribution >= 0.6 is 0 Å². The highest BCUT2D eigenvalue weighted by Gasteiger charge is 2.22. The van der Waals surface area contributed by atoms with E-state index in [4.69, 9.17) is 5.73 Å². The van der Waals surface area contributed by atoms with Gasteiger partial charge in [0.25, 0.3) is 0 Å². The molecule has 19 heavy (non-hydrogen) atoms. The predicted molar refractivity (Wildman–Crippen MR) is 79.5 cm³/mol. The van der Waals surface area contributed by atoms with Crippen molar-refractivity contribution in [3.05, 3.63) is 35.6 Å². The van der Waals surface area contributed by atoms with Crippen LogP contribution < -0.4 is 5.73 Å². The van der Waals surface area contributed by atoms with E-state index < -0.39 is 0 Å². The zero-order valence-corrected chi connectivity index (χ0v) is 12.4. The molecule has 2 N–H and O–H groups in total. The fourth-order valence-corrected chi connectivity index (χ4v) is 2.57. The first-order valence-corrected chi connectivity index (χ1v) is 7.36. The fourth-order valence-electron chi connectivity index (χ4n) is 2.57. The van der Waals surface area contributed by atoms with Crippen molar-refractivity contribution in [2.45, 2.75) is 39.7 Å². The van der Waals surface area contributed by atoms with Crippen LogP contribution in [0.5, 0.6) is 0 Å². The minimum absolute atomic E-state index is 0.0215. The van der Waals surface area contributed by atoms with Crippen LogP contribution in [0.15, 0.2) is 24.3 Å². The molecular weight excluding hydrogens is 239 g/mol. The van der Waals surface area contributed by atoms with Crippen LogP contribution in [-0.2, 0) is 0 Å². The summed E-state index contributed by atoms with van der Waals surface area (Å²) in [4.78, 5) is 2.30. The topological polar surface area (TPSA) is 29.3 Å². The van der Waals surface area contributed by atoms with Crippen molar-refractivity contribution in [2.24, 2.45) is 11.7 Å². The lowest BCUT2D eigenvalue weighted by atomic mass is 9.99. The Morgan fingerprint density at radius 1 is 1.16 bits per heavy atom. The summed E-state index contributed by atoms with van der Waals surface area (Å²) in [5.41, 5.74) is 6.62. The Balaban J connectivity index is 2.90. The molecule has 1 atom stereocenters. The lowest BCUT2D eigenvalue weighted by Gasteiger charge is -2.33. The molecule has 1 aromatic rings. The molecule has 2 nitrogen and oxygen atoms in total. The van der Waals surface area contributed by atoms with Gasteiger partial charge < -0.3 is 5.73 Å². The van der Waals surface area contributed by atoms with Gasteiger partial charge >= 0.3 is 0 Å². The number of rotatable bonds is 8. The molecule has 0 aliphatic heterocycles. The minimum Gasteiger partial charge on any atom is -0.329 e. The maximum Gasteiger partial charge on any atom is 0.128 e. The third kappa shape index (κ3) is 4.29. The first-order chi connectivity index (χ1) is 9.17. The summed E-state index contributed by atoms with van der Waals surface area (Å²) < 4.78 is 13.9. The largest absolute Gasteiger partial charge is 0.329 e. The Bertz CT molecular complexity index is 364. The number of halogens is 1. The van der Waals surface area contributed by atoms with Gasteiger partial charge in [0.2, 0.25) is 0 Å². The molecule has 3 heteroatoms. The zero-order chi connectivity index (χ0) is 14.3. The van der Waals surface area contributed by atoms with Gasteiger partial charge in [-0.05, 0) is 18.5 Å². The molecule has 0 fully saturated rings. The van der Waals surface area contributed by atoms with Crippen LogP contribution in [0.4, 0.5) is 4.39 Å². The van der Waals surface area contributed by atoms with Gasteiger partial charge in [0.05, 0.1) is 0 Å². The van der Waals surface area contributed by atoms with Crippen LogP contribution in [0.25, 0.3) is 0 Å². The molecule has 1 rings (SSSR count). The van der Waals surface area contributed by atoms with Crippen LogP contribution in [0.3, 0.4) is 0 Å². The first-order valence-electron chi connectivity index (χ1n) is 7.36. The second kappa shape index (κ2) is 8.28. The van der Waals surface area contributed by atoms with Gasteiger partial charge in [0.1, 0.15) is 5.82 Å². The maximum absolute atomic E-state index is 13.9. The highest BCUT2D eigenvalue weighted by Crippen LogP contribution is 2.24. The molecule has 0 amide bonds. The van der Waals surface area contributed by atoms with E-state index in [1.54, 1.807) is 6.07 Å². The first kappa shape index (κ1) is 16.1. The van der Waals surface area contributed by atoms with E-state index in [2.05, 4.69) is 25.7 Å². The summed E-state index contributed by atoms with van der Waals surface area (Å²) in [6.45, 7) is 8.87. The number of likely N-dealkylation sites (N-methyl/N-ethyl adjacent to an activating group) is 1. The van der Waals surface area contributed by atoms with Gasteiger partial charge in [-0.1, -0.05) is 51.8 Å². The lowest BCUT2D eigenvalue weighted by molar-refractivity contribution is 0.171. The summed E-state index contributed by atoms with van der Waals surface area (Å²) in [6, 6.07) is 6.95. The van der Waals surface area contributed by atoms with E-state index in [0.29, 0.717) is 12.5 Å². The van der Waals surface area contributed by atoms with E-state index >= 15 is 0 Å². The van der Waals surface area contributed by atoms with Gasteiger partial charge in [-0.3, -0.25) is 4.90 Å². The molecule has 1 unspecified atom stereocenters. The second-order valence-electron chi connectivity index (χ2n) is 5.04. The number of hydrogen-bond acceptors (Lipinski definition) is 2. The highest BCUT2D eigenvalue weighted by molar-refractivity contribution is 5.21. The van der Waals surface area contributed by atoms with E-state index in [1.807, 2.05) is 12.1 Å². The molecule has 0 aliphatic carbocycles. The van der Waals surface area contributed by atoms with E-state index in [0.717, 1.165) is 31.5 Å². The predicted octanol–water partition coefficient (Wildman–Crippen LogP) is 3.58. The van der Waals surface area contributed by atoms with Crippen molar-refractivity contribution in [3.63, 3.8) is 0 Å². The molecule has 0 aromatic heterocycles. The van der Waals surface area contributed by atoms with Gasteiger partial charge in [-0.2, -0.15) is 0 Å². The molecular formula is C16H27FN2. The van der Waals surface area contributed by atoms with Gasteiger partial charge in [-0.25, -0.2) is 4.39 Å².